The van der Waals surface area contributed by atoms with E-state index >= 15 is 0 Å². The molecule has 2 aliphatic rings. The molecule has 0 atom stereocenters. The van der Waals surface area contributed by atoms with Gasteiger partial charge in [0.15, 0.2) is 0 Å². The number of halogens is 1. The van der Waals surface area contributed by atoms with Crippen LogP contribution >= 0.6 is 22.9 Å². The maximum atomic E-state index is 13.6. The van der Waals surface area contributed by atoms with Crippen LogP contribution < -0.4 is 26.9 Å². The van der Waals surface area contributed by atoms with E-state index in [1.54, 1.807) is 23.0 Å². The number of anilines is 1. The normalized spacial score (nSPS) is 15.6. The molecule has 1 fully saturated rings. The number of hydrogen-bond acceptors (Lipinski definition) is 6. The second-order valence-corrected chi connectivity index (χ2v) is 12.4. The van der Waals surface area contributed by atoms with Crippen molar-refractivity contribution in [2.45, 2.75) is 45.4 Å². The smallest absolute Gasteiger partial charge is 0.259 e. The molecule has 0 unspecified atom stereocenters. The molecule has 0 amide bonds. The Labute approximate surface area is 249 Å². The van der Waals surface area contributed by atoms with E-state index < -0.39 is 0 Å². The van der Waals surface area contributed by atoms with Crippen molar-refractivity contribution in [1.29, 1.82) is 0 Å². The number of nitrogens with one attached hydrogen (secondary N) is 2. The minimum absolute atomic E-state index is 0.130. The zero-order valence-electron chi connectivity index (χ0n) is 23.6. The summed E-state index contributed by atoms with van der Waals surface area (Å²) >= 11 is 8.38. The summed E-state index contributed by atoms with van der Waals surface area (Å²) in [5.41, 5.74) is 6.38. The number of rotatable bonds is 6. The topological polar surface area (TPSA) is 71.3 Å². The average Bonchev–Trinajstić information content (AvgIpc) is 3.35. The van der Waals surface area contributed by atoms with Crippen LogP contribution in [0.5, 0.6) is 0 Å². The number of allylic oxidation sites excluding steroid dienone is 1. The Morgan fingerprint density at radius 2 is 1.88 bits per heavy atom. The largest absolute Gasteiger partial charge is 0.340 e. The lowest BCUT2D eigenvalue weighted by atomic mass is 9.90. The van der Waals surface area contributed by atoms with Gasteiger partial charge in [0.1, 0.15) is 11.3 Å². The molecule has 0 bridgehead atoms. The van der Waals surface area contributed by atoms with Crippen LogP contribution in [-0.4, -0.2) is 22.6 Å². The fourth-order valence-corrected chi connectivity index (χ4v) is 6.75. The Balaban J connectivity index is 1.34. The highest BCUT2D eigenvalue weighted by atomic mass is 35.5. The van der Waals surface area contributed by atoms with Gasteiger partial charge in [-0.3, -0.25) is 9.36 Å². The van der Waals surface area contributed by atoms with Crippen molar-refractivity contribution >= 4 is 34.7 Å². The van der Waals surface area contributed by atoms with Crippen LogP contribution in [0, 0.1) is 6.92 Å². The molecule has 210 valence electrons. The van der Waals surface area contributed by atoms with E-state index in [1.165, 1.54) is 24.0 Å². The Morgan fingerprint density at radius 1 is 1.10 bits per heavy atom. The number of piperidine rings is 1. The van der Waals surface area contributed by atoms with Gasteiger partial charge in [-0.05, 0) is 92.6 Å². The monoisotopic (exact) mass is 583 g/mol. The summed E-state index contributed by atoms with van der Waals surface area (Å²) in [5.74, 6) is 1.42. The van der Waals surface area contributed by atoms with Crippen LogP contribution in [-0.2, 0) is 7.05 Å². The fourth-order valence-electron chi connectivity index (χ4n) is 5.69. The summed E-state index contributed by atoms with van der Waals surface area (Å²) < 4.78 is 1.64. The predicted molar refractivity (Wildman–Crippen MR) is 170 cm³/mol. The molecular weight excluding hydrogens is 550 g/mol. The van der Waals surface area contributed by atoms with E-state index in [4.69, 9.17) is 16.6 Å². The number of aromatic nitrogens is 2. The highest BCUT2D eigenvalue weighted by Crippen LogP contribution is 2.33. The van der Waals surface area contributed by atoms with E-state index in [2.05, 4.69) is 52.9 Å². The van der Waals surface area contributed by atoms with Crippen LogP contribution in [0.25, 0.3) is 27.6 Å². The molecule has 2 N–H and O–H groups in total. The van der Waals surface area contributed by atoms with Gasteiger partial charge in [0.2, 0.25) is 0 Å². The molecule has 41 heavy (non-hydrogen) atoms. The van der Waals surface area contributed by atoms with Gasteiger partial charge in [-0.1, -0.05) is 48.9 Å². The van der Waals surface area contributed by atoms with Gasteiger partial charge < -0.3 is 10.6 Å². The molecule has 1 saturated heterocycles. The summed E-state index contributed by atoms with van der Waals surface area (Å²) in [5, 5.41) is 9.46. The first-order chi connectivity index (χ1) is 19.9. The quantitative estimate of drug-likeness (QED) is 0.286. The number of pyridine rings is 1. The van der Waals surface area contributed by atoms with Crippen molar-refractivity contribution < 1.29 is 0 Å². The third-order valence-electron chi connectivity index (χ3n) is 8.11. The van der Waals surface area contributed by atoms with E-state index in [-0.39, 0.29) is 5.56 Å². The van der Waals surface area contributed by atoms with Gasteiger partial charge in [-0.15, -0.1) is 11.3 Å². The first kappa shape index (κ1) is 27.6. The van der Waals surface area contributed by atoms with Crippen molar-refractivity contribution in [3.63, 3.8) is 0 Å². The maximum Gasteiger partial charge on any atom is 0.259 e. The highest BCUT2D eigenvalue weighted by Gasteiger charge is 2.17. The summed E-state index contributed by atoms with van der Waals surface area (Å²) in [6, 6.07) is 16.5. The van der Waals surface area contributed by atoms with Crippen LogP contribution in [0.2, 0.25) is 5.02 Å². The number of aryl methyl sites for hydroxylation is 1. The fraction of sp³-hybridized carbons (Fsp3) is 0.303. The van der Waals surface area contributed by atoms with Gasteiger partial charge in [0, 0.05) is 40.3 Å². The third-order valence-corrected chi connectivity index (χ3v) is 9.38. The predicted octanol–water partition coefficient (Wildman–Crippen LogP) is 6.14. The molecule has 4 heterocycles. The molecule has 4 aromatic rings. The SMILES string of the molecule is CCC1=C(Nc2ccc(C3CCNCC3)cc2)N=c2c(cc(-c3ccc(-c4cnc(C)s4)cc3Cl)c(=O)n2C)=CC1. The lowest BCUT2D eigenvalue weighted by Gasteiger charge is -2.23. The van der Waals surface area contributed by atoms with Crippen molar-refractivity contribution in [3.05, 3.63) is 103 Å². The molecule has 0 aliphatic carbocycles. The molecule has 2 aliphatic heterocycles. The Bertz CT molecular complexity index is 1810. The van der Waals surface area contributed by atoms with Crippen molar-refractivity contribution in [2.24, 2.45) is 12.0 Å². The zero-order chi connectivity index (χ0) is 28.5. The minimum Gasteiger partial charge on any atom is -0.340 e. The summed E-state index contributed by atoms with van der Waals surface area (Å²) in [4.78, 5) is 24.1. The maximum absolute atomic E-state index is 13.6. The Kier molecular flexibility index (Phi) is 7.93. The van der Waals surface area contributed by atoms with Gasteiger partial charge in [-0.25, -0.2) is 9.98 Å². The standard InChI is InChI=1S/C33H34ClN5OS/c1-4-21-5-6-25-17-28(27-12-9-24(18-29(27)34)30-19-36-20(2)41-30)33(40)39(3)32(25)38-31(21)37-26-10-7-22(8-11-26)23-13-15-35-16-14-23/h6-12,17-19,23,35,37H,4-5,13-16H2,1-3H3. The second-order valence-electron chi connectivity index (χ2n) is 10.7. The Hall–Kier alpha value is -3.52. The van der Waals surface area contributed by atoms with E-state index in [0.29, 0.717) is 27.6 Å². The molecule has 2 aromatic carbocycles. The van der Waals surface area contributed by atoms with Crippen molar-refractivity contribution in [3.8, 4) is 21.6 Å². The summed E-state index contributed by atoms with van der Waals surface area (Å²) in [6.45, 7) is 6.29. The molecular formula is C33H34ClN5OS. The van der Waals surface area contributed by atoms with Crippen molar-refractivity contribution in [1.82, 2.24) is 14.9 Å². The lowest BCUT2D eigenvalue weighted by Crippen LogP contribution is -2.42. The minimum atomic E-state index is -0.130. The molecule has 0 spiro atoms. The molecule has 2 aromatic heterocycles. The zero-order valence-corrected chi connectivity index (χ0v) is 25.2. The first-order valence-corrected chi connectivity index (χ1v) is 15.4. The van der Waals surface area contributed by atoms with E-state index in [9.17, 15) is 4.79 Å². The van der Waals surface area contributed by atoms with Crippen LogP contribution in [0.3, 0.4) is 0 Å². The number of benzene rings is 2. The van der Waals surface area contributed by atoms with Gasteiger partial charge in [-0.2, -0.15) is 0 Å². The van der Waals surface area contributed by atoms with Crippen LogP contribution in [0.1, 0.15) is 49.1 Å². The molecule has 6 nitrogen and oxygen atoms in total. The highest BCUT2D eigenvalue weighted by molar-refractivity contribution is 7.15. The Morgan fingerprint density at radius 3 is 2.56 bits per heavy atom. The molecule has 0 saturated carbocycles. The second kappa shape index (κ2) is 11.8. The lowest BCUT2D eigenvalue weighted by molar-refractivity contribution is 0.460. The number of fused-ring (bicyclic) bond motifs is 1. The van der Waals surface area contributed by atoms with E-state index in [1.807, 2.05) is 37.4 Å². The van der Waals surface area contributed by atoms with Crippen molar-refractivity contribution in [2.75, 3.05) is 18.4 Å². The van der Waals surface area contributed by atoms with Crippen LogP contribution in [0.15, 0.2) is 75.9 Å². The number of thiazole rings is 1. The van der Waals surface area contributed by atoms with E-state index in [0.717, 1.165) is 58.1 Å². The van der Waals surface area contributed by atoms with Gasteiger partial charge >= 0.3 is 0 Å². The molecule has 0 radical (unpaired) electrons. The third kappa shape index (κ3) is 5.67. The van der Waals surface area contributed by atoms with Gasteiger partial charge in [0.05, 0.1) is 9.88 Å². The molecule has 8 heteroatoms. The molecule has 6 rings (SSSR count). The summed E-state index contributed by atoms with van der Waals surface area (Å²) in [7, 11) is 1.78. The first-order valence-electron chi connectivity index (χ1n) is 14.2. The van der Waals surface area contributed by atoms with Crippen LogP contribution in [0.4, 0.5) is 5.69 Å². The van der Waals surface area contributed by atoms with Gasteiger partial charge in [0.25, 0.3) is 5.56 Å². The number of nitrogens with zero attached hydrogens (tertiary/aromatic N) is 3. The number of hydrogen-bond donors (Lipinski definition) is 2. The summed E-state index contributed by atoms with van der Waals surface area (Å²) in [6.07, 6.45) is 7.98. The average molecular weight is 584 g/mol.